The van der Waals surface area contributed by atoms with E-state index in [1.807, 2.05) is 0 Å². The van der Waals surface area contributed by atoms with E-state index in [0.717, 1.165) is 12.1 Å². The van der Waals surface area contributed by atoms with Crippen LogP contribution in [0.5, 0.6) is 5.88 Å². The lowest BCUT2D eigenvalue weighted by atomic mass is 10.2. The van der Waals surface area contributed by atoms with Crippen molar-refractivity contribution in [2.45, 2.75) is 6.18 Å². The number of hydrogen-bond donors (Lipinski definition) is 1. The van der Waals surface area contributed by atoms with Gasteiger partial charge < -0.3 is 4.74 Å². The summed E-state index contributed by atoms with van der Waals surface area (Å²) in [5.74, 6) is 0.0278. The second-order valence-corrected chi connectivity index (χ2v) is 4.28. The summed E-state index contributed by atoms with van der Waals surface area (Å²) < 4.78 is 42.8. The first-order valence-corrected chi connectivity index (χ1v) is 6.00. The molecular formula is C13H8ClF3N2O2. The van der Waals surface area contributed by atoms with E-state index in [9.17, 15) is 18.0 Å². The summed E-state index contributed by atoms with van der Waals surface area (Å²) >= 11 is 5.47. The summed E-state index contributed by atoms with van der Waals surface area (Å²) in [5, 5.41) is 1.72. The van der Waals surface area contributed by atoms with Gasteiger partial charge in [-0.25, -0.2) is 9.78 Å². The molecule has 1 N–H and O–H groups in total. The summed E-state index contributed by atoms with van der Waals surface area (Å²) in [7, 11) is 0. The first-order valence-electron chi connectivity index (χ1n) is 5.63. The molecule has 0 aliphatic carbocycles. The highest BCUT2D eigenvalue weighted by atomic mass is 35.5. The van der Waals surface area contributed by atoms with E-state index in [1.165, 1.54) is 18.3 Å². The molecule has 110 valence electrons. The van der Waals surface area contributed by atoms with E-state index in [-0.39, 0.29) is 11.6 Å². The molecule has 2 aromatic rings. The molecule has 0 fully saturated rings. The predicted molar refractivity (Wildman–Crippen MR) is 70.3 cm³/mol. The van der Waals surface area contributed by atoms with Gasteiger partial charge in [0.15, 0.2) is 0 Å². The number of hydrogen-bond acceptors (Lipinski definition) is 3. The molecule has 2 rings (SSSR count). The van der Waals surface area contributed by atoms with Crippen molar-refractivity contribution in [3.05, 3.63) is 53.2 Å². The van der Waals surface area contributed by atoms with Crippen LogP contribution in [-0.2, 0) is 6.18 Å². The number of nitrogens with zero attached hydrogens (tertiary/aromatic N) is 1. The Hall–Kier alpha value is -2.28. The largest absolute Gasteiger partial charge is 0.418 e. The van der Waals surface area contributed by atoms with Gasteiger partial charge in [0.1, 0.15) is 0 Å². The molecule has 0 saturated carbocycles. The molecule has 0 radical (unpaired) electrons. The third-order valence-corrected chi connectivity index (χ3v) is 2.68. The number of nitrogens with one attached hydrogen (secondary N) is 1. The average Bonchev–Trinajstić information content (AvgIpc) is 2.41. The van der Waals surface area contributed by atoms with Crippen molar-refractivity contribution < 1.29 is 22.7 Å². The van der Waals surface area contributed by atoms with Gasteiger partial charge in [-0.3, -0.25) is 5.32 Å². The molecule has 0 saturated heterocycles. The molecule has 0 unspecified atom stereocenters. The monoisotopic (exact) mass is 316 g/mol. The number of benzene rings is 1. The second kappa shape index (κ2) is 6.01. The third kappa shape index (κ3) is 4.09. The zero-order valence-corrected chi connectivity index (χ0v) is 11.1. The number of rotatable bonds is 2. The maximum atomic E-state index is 12.7. The number of halogens is 4. The summed E-state index contributed by atoms with van der Waals surface area (Å²) in [4.78, 5) is 15.3. The number of amides is 1. The Kier molecular flexibility index (Phi) is 4.32. The second-order valence-electron chi connectivity index (χ2n) is 3.87. The molecule has 0 aliphatic heterocycles. The number of aromatic nitrogens is 1. The van der Waals surface area contributed by atoms with Gasteiger partial charge in [-0.2, -0.15) is 13.2 Å². The van der Waals surface area contributed by atoms with Crippen LogP contribution in [0.1, 0.15) is 5.56 Å². The van der Waals surface area contributed by atoms with Gasteiger partial charge in [-0.05, 0) is 24.3 Å². The minimum absolute atomic E-state index is 0.0278. The van der Waals surface area contributed by atoms with Crippen molar-refractivity contribution in [2.75, 3.05) is 5.32 Å². The highest BCUT2D eigenvalue weighted by Crippen LogP contribution is 2.36. The number of anilines is 1. The third-order valence-electron chi connectivity index (χ3n) is 2.35. The van der Waals surface area contributed by atoms with E-state index in [0.29, 0.717) is 0 Å². The number of pyridine rings is 1. The summed E-state index contributed by atoms with van der Waals surface area (Å²) in [6.45, 7) is 0. The molecule has 1 aromatic carbocycles. The quantitative estimate of drug-likeness (QED) is 0.895. The molecule has 0 atom stereocenters. The van der Waals surface area contributed by atoms with E-state index < -0.39 is 22.9 Å². The van der Waals surface area contributed by atoms with Crippen LogP contribution in [0.3, 0.4) is 0 Å². The standard InChI is InChI=1S/C13H8ClF3N2O2/c14-10-5-4-8(7-9(10)13(15,16)17)19-12(20)21-11-3-1-2-6-18-11/h1-7H,(H,19,20). The lowest BCUT2D eigenvalue weighted by Crippen LogP contribution is -2.18. The fraction of sp³-hybridized carbons (Fsp3) is 0.0769. The van der Waals surface area contributed by atoms with Crippen LogP contribution in [0.15, 0.2) is 42.6 Å². The molecule has 21 heavy (non-hydrogen) atoms. The molecular weight excluding hydrogens is 309 g/mol. The number of carbonyl (C=O) groups is 1. The topological polar surface area (TPSA) is 51.2 Å². The number of carbonyl (C=O) groups excluding carboxylic acids is 1. The molecule has 1 aromatic heterocycles. The van der Waals surface area contributed by atoms with Crippen LogP contribution in [0.4, 0.5) is 23.7 Å². The maximum absolute atomic E-state index is 12.7. The minimum atomic E-state index is -4.61. The van der Waals surface area contributed by atoms with Crippen molar-refractivity contribution in [1.29, 1.82) is 0 Å². The molecule has 8 heteroatoms. The zero-order valence-electron chi connectivity index (χ0n) is 10.3. The van der Waals surface area contributed by atoms with Gasteiger partial charge in [-0.15, -0.1) is 0 Å². The van der Waals surface area contributed by atoms with E-state index in [1.54, 1.807) is 12.1 Å². The highest BCUT2D eigenvalue weighted by molar-refractivity contribution is 6.31. The SMILES string of the molecule is O=C(Nc1ccc(Cl)c(C(F)(F)F)c1)Oc1ccccn1. The van der Waals surface area contributed by atoms with E-state index in [2.05, 4.69) is 10.3 Å². The van der Waals surface area contributed by atoms with E-state index in [4.69, 9.17) is 16.3 Å². The molecule has 4 nitrogen and oxygen atoms in total. The van der Waals surface area contributed by atoms with Crippen LogP contribution in [0, 0.1) is 0 Å². The number of alkyl halides is 3. The average molecular weight is 317 g/mol. The Bertz CT molecular complexity index is 648. The first kappa shape index (κ1) is 15.1. The summed E-state index contributed by atoms with van der Waals surface area (Å²) in [6.07, 6.45) is -4.16. The Labute approximate surface area is 122 Å². The molecule has 1 heterocycles. The van der Waals surface area contributed by atoms with Crippen molar-refractivity contribution in [1.82, 2.24) is 4.98 Å². The van der Waals surface area contributed by atoms with Crippen LogP contribution in [0.2, 0.25) is 5.02 Å². The van der Waals surface area contributed by atoms with Gasteiger partial charge in [0.2, 0.25) is 5.88 Å². The lowest BCUT2D eigenvalue weighted by Gasteiger charge is -2.11. The summed E-state index contributed by atoms with van der Waals surface area (Å²) in [5.41, 5.74) is -1.13. The minimum Gasteiger partial charge on any atom is -0.391 e. The molecule has 0 aliphatic rings. The molecule has 0 bridgehead atoms. The maximum Gasteiger partial charge on any atom is 0.418 e. The van der Waals surface area contributed by atoms with Crippen LogP contribution >= 0.6 is 11.6 Å². The molecule has 1 amide bonds. The van der Waals surface area contributed by atoms with Gasteiger partial charge in [-0.1, -0.05) is 17.7 Å². The highest BCUT2D eigenvalue weighted by Gasteiger charge is 2.33. The van der Waals surface area contributed by atoms with Crippen molar-refractivity contribution >= 4 is 23.4 Å². The normalized spacial score (nSPS) is 11.0. The zero-order chi connectivity index (χ0) is 15.5. The lowest BCUT2D eigenvalue weighted by molar-refractivity contribution is -0.137. The van der Waals surface area contributed by atoms with Crippen molar-refractivity contribution in [2.24, 2.45) is 0 Å². The fourth-order valence-corrected chi connectivity index (χ4v) is 1.69. The van der Waals surface area contributed by atoms with Crippen LogP contribution < -0.4 is 10.1 Å². The van der Waals surface area contributed by atoms with Crippen molar-refractivity contribution in [3.63, 3.8) is 0 Å². The Morgan fingerprint density at radius 3 is 2.62 bits per heavy atom. The van der Waals surface area contributed by atoms with Crippen molar-refractivity contribution in [3.8, 4) is 5.88 Å². The van der Waals surface area contributed by atoms with E-state index >= 15 is 0 Å². The van der Waals surface area contributed by atoms with Gasteiger partial charge in [0.25, 0.3) is 0 Å². The summed E-state index contributed by atoms with van der Waals surface area (Å²) in [6, 6.07) is 7.65. The first-order chi connectivity index (χ1) is 9.86. The molecule has 0 spiro atoms. The van der Waals surface area contributed by atoms with Gasteiger partial charge >= 0.3 is 12.3 Å². The predicted octanol–water partition coefficient (Wildman–Crippen LogP) is 4.36. The Morgan fingerprint density at radius 1 is 1.24 bits per heavy atom. The van der Waals surface area contributed by atoms with Crippen LogP contribution in [-0.4, -0.2) is 11.1 Å². The van der Waals surface area contributed by atoms with Gasteiger partial charge in [0.05, 0.1) is 10.6 Å². The Morgan fingerprint density at radius 2 is 2.00 bits per heavy atom. The van der Waals surface area contributed by atoms with Crippen LogP contribution in [0.25, 0.3) is 0 Å². The number of ether oxygens (including phenoxy) is 1. The Balaban J connectivity index is 2.11. The fourth-order valence-electron chi connectivity index (χ4n) is 1.47. The smallest absolute Gasteiger partial charge is 0.391 e. The van der Waals surface area contributed by atoms with Gasteiger partial charge in [0, 0.05) is 18.0 Å².